The summed E-state index contributed by atoms with van der Waals surface area (Å²) in [4.78, 5) is 9.94. The predicted octanol–water partition coefficient (Wildman–Crippen LogP) is 0.947. The molecule has 6 nitrogen and oxygen atoms in total. The van der Waals surface area contributed by atoms with E-state index >= 15 is 0 Å². The second-order valence-corrected chi connectivity index (χ2v) is 3.48. The smallest absolute Gasteiger partial charge is 0.273 e. The Morgan fingerprint density at radius 3 is 2.88 bits per heavy atom. The van der Waals surface area contributed by atoms with Gasteiger partial charge in [-0.1, -0.05) is 11.6 Å². The van der Waals surface area contributed by atoms with Crippen LogP contribution in [0.25, 0.3) is 0 Å². The van der Waals surface area contributed by atoms with E-state index < -0.39 is 11.0 Å². The number of non-ortho nitro benzene ring substituents is 1. The second kappa shape index (κ2) is 5.64. The molecule has 0 heterocycles. The number of nitrogens with zero attached hydrogens (tertiary/aromatic N) is 1. The Kier molecular flexibility index (Phi) is 4.48. The Balaban J connectivity index is 2.78. The Morgan fingerprint density at radius 2 is 2.31 bits per heavy atom. The minimum Gasteiger partial charge on any atom is -0.489 e. The van der Waals surface area contributed by atoms with Gasteiger partial charge in [0.25, 0.3) is 5.69 Å². The van der Waals surface area contributed by atoms with Gasteiger partial charge in [0.2, 0.25) is 0 Å². The fourth-order valence-electron chi connectivity index (χ4n) is 0.970. The SMILES string of the molecule is NCC(O)COc1cc([N+](=O)[O-])ccc1Cl. The van der Waals surface area contributed by atoms with Crippen LogP contribution in [0.15, 0.2) is 18.2 Å². The molecule has 1 aromatic rings. The molecule has 0 radical (unpaired) electrons. The summed E-state index contributed by atoms with van der Waals surface area (Å²) >= 11 is 5.77. The van der Waals surface area contributed by atoms with E-state index in [4.69, 9.17) is 27.2 Å². The third-order valence-corrected chi connectivity index (χ3v) is 2.14. The van der Waals surface area contributed by atoms with Gasteiger partial charge in [0.05, 0.1) is 16.0 Å². The van der Waals surface area contributed by atoms with Crippen molar-refractivity contribution in [1.82, 2.24) is 0 Å². The van der Waals surface area contributed by atoms with Crippen molar-refractivity contribution in [2.75, 3.05) is 13.2 Å². The summed E-state index contributed by atoms with van der Waals surface area (Å²) in [5, 5.41) is 19.9. The molecule has 3 N–H and O–H groups in total. The zero-order valence-electron chi connectivity index (χ0n) is 8.30. The molecule has 7 heteroatoms. The van der Waals surface area contributed by atoms with Gasteiger partial charge < -0.3 is 15.6 Å². The fraction of sp³-hybridized carbons (Fsp3) is 0.333. The topological polar surface area (TPSA) is 98.6 Å². The van der Waals surface area contributed by atoms with Gasteiger partial charge >= 0.3 is 0 Å². The van der Waals surface area contributed by atoms with E-state index in [1.807, 2.05) is 0 Å². The first-order valence-corrected chi connectivity index (χ1v) is 4.87. The van der Waals surface area contributed by atoms with Crippen LogP contribution in [-0.4, -0.2) is 29.3 Å². The zero-order chi connectivity index (χ0) is 12.1. The Hall–Kier alpha value is -1.37. The molecule has 0 spiro atoms. The van der Waals surface area contributed by atoms with Crippen molar-refractivity contribution in [3.05, 3.63) is 33.3 Å². The van der Waals surface area contributed by atoms with Crippen molar-refractivity contribution >= 4 is 17.3 Å². The summed E-state index contributed by atoms with van der Waals surface area (Å²) in [6, 6.07) is 3.84. The minimum atomic E-state index is -0.824. The molecule has 1 aromatic carbocycles. The lowest BCUT2D eigenvalue weighted by Crippen LogP contribution is -2.26. The van der Waals surface area contributed by atoms with Crippen LogP contribution >= 0.6 is 11.6 Å². The molecule has 0 amide bonds. The van der Waals surface area contributed by atoms with Crippen LogP contribution in [-0.2, 0) is 0 Å². The standard InChI is InChI=1S/C9H11ClN2O4/c10-8-2-1-6(12(14)15)3-9(8)16-5-7(13)4-11/h1-3,7,13H,4-5,11H2. The van der Waals surface area contributed by atoms with Gasteiger partial charge in [0, 0.05) is 12.6 Å². The van der Waals surface area contributed by atoms with Crippen molar-refractivity contribution in [3.8, 4) is 5.75 Å². The van der Waals surface area contributed by atoms with Crippen molar-refractivity contribution in [3.63, 3.8) is 0 Å². The molecule has 88 valence electrons. The van der Waals surface area contributed by atoms with E-state index in [9.17, 15) is 10.1 Å². The number of aliphatic hydroxyl groups excluding tert-OH is 1. The van der Waals surface area contributed by atoms with E-state index in [1.54, 1.807) is 0 Å². The highest BCUT2D eigenvalue weighted by atomic mass is 35.5. The van der Waals surface area contributed by atoms with Gasteiger partial charge in [-0.05, 0) is 6.07 Å². The molecule has 1 rings (SSSR count). The van der Waals surface area contributed by atoms with Crippen LogP contribution in [0, 0.1) is 10.1 Å². The number of nitro groups is 1. The normalized spacial score (nSPS) is 12.2. The Morgan fingerprint density at radius 1 is 1.62 bits per heavy atom. The maximum atomic E-state index is 10.5. The first-order valence-electron chi connectivity index (χ1n) is 4.49. The van der Waals surface area contributed by atoms with Crippen LogP contribution < -0.4 is 10.5 Å². The number of ether oxygens (including phenoxy) is 1. The zero-order valence-corrected chi connectivity index (χ0v) is 9.05. The fourth-order valence-corrected chi connectivity index (χ4v) is 1.14. The van der Waals surface area contributed by atoms with E-state index in [0.717, 1.165) is 0 Å². The molecule has 1 unspecified atom stereocenters. The van der Waals surface area contributed by atoms with E-state index in [2.05, 4.69) is 0 Å². The summed E-state index contributed by atoms with van der Waals surface area (Å²) in [7, 11) is 0. The average Bonchev–Trinajstić information content (AvgIpc) is 2.27. The van der Waals surface area contributed by atoms with Gasteiger partial charge in [-0.2, -0.15) is 0 Å². The lowest BCUT2D eigenvalue weighted by atomic mass is 10.3. The lowest BCUT2D eigenvalue weighted by molar-refractivity contribution is -0.384. The first kappa shape index (κ1) is 12.7. The van der Waals surface area contributed by atoms with E-state index in [1.165, 1.54) is 18.2 Å². The van der Waals surface area contributed by atoms with Crippen molar-refractivity contribution in [1.29, 1.82) is 0 Å². The third-order valence-electron chi connectivity index (χ3n) is 1.83. The monoisotopic (exact) mass is 246 g/mol. The van der Waals surface area contributed by atoms with Crippen LogP contribution in [0.2, 0.25) is 5.02 Å². The van der Waals surface area contributed by atoms with Crippen molar-refractivity contribution < 1.29 is 14.8 Å². The first-order chi connectivity index (χ1) is 7.54. The van der Waals surface area contributed by atoms with Crippen molar-refractivity contribution in [2.45, 2.75) is 6.10 Å². The molecular weight excluding hydrogens is 236 g/mol. The van der Waals surface area contributed by atoms with Crippen molar-refractivity contribution in [2.24, 2.45) is 5.73 Å². The van der Waals surface area contributed by atoms with Gasteiger partial charge in [-0.15, -0.1) is 0 Å². The quantitative estimate of drug-likeness (QED) is 0.595. The molecular formula is C9H11ClN2O4. The summed E-state index contributed by atoms with van der Waals surface area (Å²) in [6.07, 6.45) is -0.824. The summed E-state index contributed by atoms with van der Waals surface area (Å²) in [5.41, 5.74) is 5.06. The predicted molar refractivity (Wildman–Crippen MR) is 58.7 cm³/mol. The van der Waals surface area contributed by atoms with Gasteiger partial charge in [-0.25, -0.2) is 0 Å². The number of aliphatic hydroxyl groups is 1. The van der Waals surface area contributed by atoms with Crippen LogP contribution in [0.4, 0.5) is 5.69 Å². The van der Waals surface area contributed by atoms with Crippen LogP contribution in [0.5, 0.6) is 5.75 Å². The maximum Gasteiger partial charge on any atom is 0.273 e. The lowest BCUT2D eigenvalue weighted by Gasteiger charge is -2.10. The summed E-state index contributed by atoms with van der Waals surface area (Å²) in [6.45, 7) is -0.00999. The highest BCUT2D eigenvalue weighted by Gasteiger charge is 2.11. The number of nitro benzene ring substituents is 1. The molecule has 0 saturated heterocycles. The molecule has 0 aliphatic rings. The van der Waals surface area contributed by atoms with E-state index in [0.29, 0.717) is 0 Å². The highest BCUT2D eigenvalue weighted by molar-refractivity contribution is 6.32. The molecule has 1 atom stereocenters. The average molecular weight is 247 g/mol. The molecule has 0 aliphatic heterocycles. The highest BCUT2D eigenvalue weighted by Crippen LogP contribution is 2.28. The number of nitrogens with two attached hydrogens (primary N) is 1. The molecule has 0 saturated carbocycles. The molecule has 0 fully saturated rings. The van der Waals surface area contributed by atoms with Gasteiger partial charge in [0.1, 0.15) is 18.5 Å². The summed E-state index contributed by atoms with van der Waals surface area (Å²) in [5.74, 6) is 0.156. The minimum absolute atomic E-state index is 0.0482. The molecule has 16 heavy (non-hydrogen) atoms. The number of benzene rings is 1. The van der Waals surface area contributed by atoms with Crippen LogP contribution in [0.3, 0.4) is 0 Å². The number of hydrogen-bond acceptors (Lipinski definition) is 5. The molecule has 0 bridgehead atoms. The van der Waals surface area contributed by atoms with Gasteiger partial charge in [0.15, 0.2) is 0 Å². The van der Waals surface area contributed by atoms with E-state index in [-0.39, 0.29) is 29.6 Å². The third kappa shape index (κ3) is 3.34. The second-order valence-electron chi connectivity index (χ2n) is 3.07. The number of hydrogen-bond donors (Lipinski definition) is 2. The Bertz CT molecular complexity index is 386. The van der Waals surface area contributed by atoms with Gasteiger partial charge in [-0.3, -0.25) is 10.1 Å². The number of halogens is 1. The number of rotatable bonds is 5. The van der Waals surface area contributed by atoms with Crippen LogP contribution in [0.1, 0.15) is 0 Å². The Labute approximate surface area is 96.7 Å². The molecule has 0 aromatic heterocycles. The maximum absolute atomic E-state index is 10.5. The molecule has 0 aliphatic carbocycles. The largest absolute Gasteiger partial charge is 0.489 e. The summed E-state index contributed by atoms with van der Waals surface area (Å²) < 4.78 is 5.11.